The Morgan fingerprint density at radius 1 is 1.11 bits per heavy atom. The van der Waals surface area contributed by atoms with Crippen LogP contribution in [0.25, 0.3) is 0 Å². The molecule has 2 aromatic rings. The van der Waals surface area contributed by atoms with E-state index in [2.05, 4.69) is 21.2 Å². The number of carbonyl (C=O) groups excluding carboxylic acids is 1. The number of ketones is 1. The quantitative estimate of drug-likeness (QED) is 0.134. The van der Waals surface area contributed by atoms with Crippen LogP contribution in [0.4, 0.5) is 17.6 Å². The summed E-state index contributed by atoms with van der Waals surface area (Å²) >= 11 is 8.36. The van der Waals surface area contributed by atoms with E-state index in [-0.39, 0.29) is 14.5 Å². The summed E-state index contributed by atoms with van der Waals surface area (Å²) in [4.78, 5) is 12.3. The van der Waals surface area contributed by atoms with Crippen molar-refractivity contribution in [2.45, 2.75) is 63.5 Å². The highest BCUT2D eigenvalue weighted by Crippen LogP contribution is 2.40. The van der Waals surface area contributed by atoms with Gasteiger partial charge in [0, 0.05) is 15.6 Å². The van der Waals surface area contributed by atoms with Crippen molar-refractivity contribution in [3.05, 3.63) is 69.9 Å². The second kappa shape index (κ2) is 11.6. The van der Waals surface area contributed by atoms with Crippen LogP contribution in [-0.2, 0) is 9.96 Å². The number of hydrogen-bond donors (Lipinski definition) is 1. The number of nitrogens with one attached hydrogen (secondary N) is 1. The molecule has 0 spiro atoms. The lowest BCUT2D eigenvalue weighted by atomic mass is 9.84. The molecule has 0 aliphatic rings. The number of alkyl halides is 3. The molecule has 2 atom stereocenters. The first-order chi connectivity index (χ1) is 16.1. The maximum Gasteiger partial charge on any atom is 0.268 e. The van der Waals surface area contributed by atoms with Crippen molar-refractivity contribution in [1.82, 2.24) is 5.32 Å². The minimum absolute atomic E-state index is 0.282. The smallest absolute Gasteiger partial charge is 0.268 e. The molecule has 1 N–H and O–H groups in total. The average molecular weight is 593 g/mol. The van der Waals surface area contributed by atoms with Crippen LogP contribution in [0.2, 0.25) is 18.1 Å². The van der Waals surface area contributed by atoms with Crippen LogP contribution in [0.3, 0.4) is 0 Å². The second-order valence-electron chi connectivity index (χ2n) is 9.85. The molecule has 3 nitrogen and oxygen atoms in total. The van der Waals surface area contributed by atoms with Gasteiger partial charge in [-0.25, -0.2) is 17.6 Å². The third-order valence-corrected chi connectivity index (χ3v) is 11.6. The molecule has 192 valence electrons. The highest BCUT2D eigenvalue weighted by Gasteiger charge is 2.53. The zero-order valence-electron chi connectivity index (χ0n) is 20.3. The fourth-order valence-corrected chi connectivity index (χ4v) is 4.87. The average Bonchev–Trinajstić information content (AvgIpc) is 2.77. The summed E-state index contributed by atoms with van der Waals surface area (Å²) < 4.78 is 66.6. The van der Waals surface area contributed by atoms with Crippen LogP contribution in [0.1, 0.15) is 43.1 Å². The summed E-state index contributed by atoms with van der Waals surface area (Å²) in [6, 6.07) is 11.5. The predicted octanol–water partition coefficient (Wildman–Crippen LogP) is 7.60. The van der Waals surface area contributed by atoms with Gasteiger partial charge < -0.3 is 9.74 Å². The standard InChI is InChI=1S/C25H30BrF4NO2SSi/c1-24(2,3)35(4,5)33-15-21(28)25(23(29)30,18-13-17(26)11-12-19(18)27)31-22(34)14-20(32)16-9-7-6-8-10-16/h6-13,21,23H,14-15H2,1-5H3,(H,31,34)/t21-,25+/m0/s1. The molecule has 0 aliphatic heterocycles. The number of thiocarbonyl (C=S) groups is 1. The Morgan fingerprint density at radius 3 is 2.26 bits per heavy atom. The lowest BCUT2D eigenvalue weighted by Crippen LogP contribution is -2.60. The molecule has 0 radical (unpaired) electrons. The number of Topliss-reactive ketones (excluding diaryl/α,β-unsaturated/α-hetero) is 1. The summed E-state index contributed by atoms with van der Waals surface area (Å²) in [5, 5.41) is 2.05. The molecule has 35 heavy (non-hydrogen) atoms. The first kappa shape index (κ1) is 29.6. The first-order valence-electron chi connectivity index (χ1n) is 11.0. The number of halogens is 5. The normalized spacial score (nSPS) is 14.9. The van der Waals surface area contributed by atoms with E-state index >= 15 is 4.39 Å². The van der Waals surface area contributed by atoms with Gasteiger partial charge in [0.15, 0.2) is 25.8 Å². The Labute approximate surface area is 218 Å². The van der Waals surface area contributed by atoms with E-state index in [4.69, 9.17) is 16.6 Å². The Bertz CT molecular complexity index is 1050. The van der Waals surface area contributed by atoms with Crippen LogP contribution in [0, 0.1) is 5.82 Å². The zero-order chi connectivity index (χ0) is 26.6. The maximum atomic E-state index is 15.9. The molecule has 0 fully saturated rings. The van der Waals surface area contributed by atoms with E-state index < -0.39 is 56.6 Å². The third-order valence-electron chi connectivity index (χ3n) is 6.37. The fraction of sp³-hybridized carbons (Fsp3) is 0.440. The molecule has 0 bridgehead atoms. The Morgan fingerprint density at radius 2 is 1.71 bits per heavy atom. The Kier molecular flexibility index (Phi) is 9.83. The number of carbonyl (C=O) groups is 1. The SMILES string of the molecule is CC(C)(C)[Si](C)(C)OC[C@H](F)[C@](NC(=S)CC(=O)c1ccccc1)(c1cc(Br)ccc1F)C(F)F. The second-order valence-corrected chi connectivity index (χ2v) is 16.1. The van der Waals surface area contributed by atoms with Crippen molar-refractivity contribution in [1.29, 1.82) is 0 Å². The third kappa shape index (κ3) is 6.99. The molecule has 0 amide bonds. The van der Waals surface area contributed by atoms with Gasteiger partial charge in [-0.05, 0) is 36.3 Å². The summed E-state index contributed by atoms with van der Waals surface area (Å²) in [5.74, 6) is -1.47. The molecule has 0 unspecified atom stereocenters. The monoisotopic (exact) mass is 591 g/mol. The van der Waals surface area contributed by atoms with Crippen LogP contribution < -0.4 is 5.32 Å². The van der Waals surface area contributed by atoms with Gasteiger partial charge in [0.05, 0.1) is 18.0 Å². The van der Waals surface area contributed by atoms with Crippen molar-refractivity contribution in [2.75, 3.05) is 6.61 Å². The Balaban J connectivity index is 2.47. The Hall–Kier alpha value is -1.62. The van der Waals surface area contributed by atoms with E-state index in [1.165, 1.54) is 6.07 Å². The van der Waals surface area contributed by atoms with E-state index in [1.54, 1.807) is 30.3 Å². The number of benzene rings is 2. The van der Waals surface area contributed by atoms with Gasteiger partial charge >= 0.3 is 0 Å². The molecule has 0 heterocycles. The van der Waals surface area contributed by atoms with Gasteiger partial charge in [0.2, 0.25) is 0 Å². The summed E-state index contributed by atoms with van der Waals surface area (Å²) in [6.07, 6.45) is -6.25. The topological polar surface area (TPSA) is 38.3 Å². The lowest BCUT2D eigenvalue weighted by molar-refractivity contribution is -0.0303. The molecule has 0 aromatic heterocycles. The van der Waals surface area contributed by atoms with E-state index in [0.717, 1.165) is 12.1 Å². The predicted molar refractivity (Wildman–Crippen MR) is 141 cm³/mol. The summed E-state index contributed by atoms with van der Waals surface area (Å²) in [7, 11) is -2.52. The molecule has 0 saturated carbocycles. The molecule has 10 heteroatoms. The van der Waals surface area contributed by atoms with Crippen molar-refractivity contribution in [3.63, 3.8) is 0 Å². The van der Waals surface area contributed by atoms with Gasteiger partial charge in [-0.1, -0.05) is 79.3 Å². The minimum atomic E-state index is -3.42. The van der Waals surface area contributed by atoms with E-state index in [0.29, 0.717) is 5.56 Å². The zero-order valence-corrected chi connectivity index (χ0v) is 23.7. The lowest BCUT2D eigenvalue weighted by Gasteiger charge is -2.41. The van der Waals surface area contributed by atoms with E-state index in [1.807, 2.05) is 33.9 Å². The molecule has 2 rings (SSSR count). The highest BCUT2D eigenvalue weighted by molar-refractivity contribution is 9.10. The van der Waals surface area contributed by atoms with Gasteiger partial charge in [0.25, 0.3) is 6.43 Å². The van der Waals surface area contributed by atoms with Crippen LogP contribution in [-0.4, -0.2) is 38.3 Å². The number of hydrogen-bond acceptors (Lipinski definition) is 3. The van der Waals surface area contributed by atoms with Crippen LogP contribution >= 0.6 is 28.1 Å². The molecule has 0 saturated heterocycles. The molecular formula is C25H30BrF4NO2SSi. The first-order valence-corrected chi connectivity index (χ1v) is 15.1. The molecule has 2 aromatic carbocycles. The van der Waals surface area contributed by atoms with Crippen molar-refractivity contribution in [3.8, 4) is 0 Å². The number of rotatable bonds is 10. The van der Waals surface area contributed by atoms with Gasteiger partial charge in [0.1, 0.15) is 5.82 Å². The van der Waals surface area contributed by atoms with Crippen LogP contribution in [0.5, 0.6) is 0 Å². The fourth-order valence-electron chi connectivity index (χ4n) is 3.21. The van der Waals surface area contributed by atoms with Crippen molar-refractivity contribution in [2.24, 2.45) is 0 Å². The summed E-state index contributed by atoms with van der Waals surface area (Å²) in [6.45, 7) is 8.82. The van der Waals surface area contributed by atoms with Gasteiger partial charge in [-0.15, -0.1) is 0 Å². The van der Waals surface area contributed by atoms with Gasteiger partial charge in [-0.3, -0.25) is 4.79 Å². The van der Waals surface area contributed by atoms with Gasteiger partial charge in [-0.2, -0.15) is 0 Å². The largest absolute Gasteiger partial charge is 0.414 e. The molecular weight excluding hydrogens is 562 g/mol. The molecule has 0 aliphatic carbocycles. The summed E-state index contributed by atoms with van der Waals surface area (Å²) in [5.41, 5.74) is -3.15. The van der Waals surface area contributed by atoms with Crippen molar-refractivity contribution >= 4 is 47.2 Å². The maximum absolute atomic E-state index is 15.9. The minimum Gasteiger partial charge on any atom is -0.414 e. The highest BCUT2D eigenvalue weighted by atomic mass is 79.9. The van der Waals surface area contributed by atoms with E-state index in [9.17, 15) is 18.0 Å². The van der Waals surface area contributed by atoms with Crippen LogP contribution in [0.15, 0.2) is 53.0 Å². The van der Waals surface area contributed by atoms with Crippen molar-refractivity contribution < 1.29 is 26.8 Å².